The number of hydrogen-bond acceptors (Lipinski definition) is 6. The van der Waals surface area contributed by atoms with Gasteiger partial charge in [-0.2, -0.15) is 13.2 Å². The Labute approximate surface area is 177 Å². The molecule has 0 radical (unpaired) electrons. The highest BCUT2D eigenvalue weighted by atomic mass is 19.4. The third-order valence-corrected chi connectivity index (χ3v) is 4.78. The smallest absolute Gasteiger partial charge is 0.378 e. The van der Waals surface area contributed by atoms with Gasteiger partial charge in [-0.3, -0.25) is 9.59 Å². The van der Waals surface area contributed by atoms with E-state index in [0.29, 0.717) is 23.8 Å². The molecule has 8 nitrogen and oxygen atoms in total. The predicted molar refractivity (Wildman–Crippen MR) is 109 cm³/mol. The quantitative estimate of drug-likeness (QED) is 0.602. The molecule has 168 valence electrons. The standard InChI is InChI=1S/C20H24F3N5O3/c1-13-11-28(12-20(21,22)23)19(30)17(25-13)16(10-24)18(29)26-14-2-4-15(5-3-14)27-6-8-31-9-7-27/h2-5,11,25H,6-10,12,24H2,1H3,(H,26,29)/b17-16+. The van der Waals surface area contributed by atoms with Crippen molar-refractivity contribution in [1.29, 1.82) is 0 Å². The summed E-state index contributed by atoms with van der Waals surface area (Å²) >= 11 is 0. The minimum Gasteiger partial charge on any atom is -0.378 e. The maximum Gasteiger partial charge on any atom is 0.406 e. The number of nitrogens with zero attached hydrogens (tertiary/aromatic N) is 2. The van der Waals surface area contributed by atoms with Crippen LogP contribution in [-0.4, -0.2) is 62.3 Å². The molecule has 2 aliphatic heterocycles. The Kier molecular flexibility index (Phi) is 6.86. The molecule has 0 aromatic heterocycles. The van der Waals surface area contributed by atoms with Gasteiger partial charge < -0.3 is 30.9 Å². The Hall–Kier alpha value is -3.05. The van der Waals surface area contributed by atoms with Gasteiger partial charge in [-0.15, -0.1) is 0 Å². The van der Waals surface area contributed by atoms with Gasteiger partial charge in [0.2, 0.25) is 0 Å². The second kappa shape index (κ2) is 9.40. The number of carbonyl (C=O) groups is 2. The zero-order valence-corrected chi connectivity index (χ0v) is 17.0. The monoisotopic (exact) mass is 439 g/mol. The first-order valence-electron chi connectivity index (χ1n) is 9.68. The van der Waals surface area contributed by atoms with Crippen LogP contribution in [0, 0.1) is 0 Å². The molecular formula is C20H24F3N5O3. The van der Waals surface area contributed by atoms with Crippen molar-refractivity contribution in [3.8, 4) is 0 Å². The van der Waals surface area contributed by atoms with Crippen LogP contribution in [0.5, 0.6) is 0 Å². The van der Waals surface area contributed by atoms with Crippen molar-refractivity contribution in [2.24, 2.45) is 5.73 Å². The molecule has 0 atom stereocenters. The number of amides is 2. The van der Waals surface area contributed by atoms with Crippen LogP contribution in [0.4, 0.5) is 24.5 Å². The fourth-order valence-electron chi connectivity index (χ4n) is 3.33. The second-order valence-electron chi connectivity index (χ2n) is 7.14. The number of benzene rings is 1. The summed E-state index contributed by atoms with van der Waals surface area (Å²) in [5.74, 6) is -1.64. The first-order chi connectivity index (χ1) is 14.7. The van der Waals surface area contributed by atoms with Gasteiger partial charge in [0.05, 0.1) is 18.8 Å². The molecule has 0 saturated carbocycles. The molecule has 3 rings (SSSR count). The molecule has 0 unspecified atom stereocenters. The lowest BCUT2D eigenvalue weighted by Crippen LogP contribution is -2.44. The fraction of sp³-hybridized carbons (Fsp3) is 0.400. The summed E-state index contributed by atoms with van der Waals surface area (Å²) in [5, 5.41) is 5.32. The van der Waals surface area contributed by atoms with E-state index in [0.717, 1.165) is 25.0 Å². The average Bonchev–Trinajstić information content (AvgIpc) is 2.72. The summed E-state index contributed by atoms with van der Waals surface area (Å²) in [5.41, 5.74) is 7.00. The van der Waals surface area contributed by atoms with Crippen LogP contribution >= 0.6 is 0 Å². The summed E-state index contributed by atoms with van der Waals surface area (Å²) in [6, 6.07) is 7.10. The number of hydrogen-bond donors (Lipinski definition) is 3. The number of anilines is 2. The van der Waals surface area contributed by atoms with Gasteiger partial charge in [0.1, 0.15) is 12.2 Å². The topological polar surface area (TPSA) is 99.9 Å². The highest BCUT2D eigenvalue weighted by Crippen LogP contribution is 2.23. The number of ether oxygens (including phenoxy) is 1. The van der Waals surface area contributed by atoms with Gasteiger partial charge in [0.15, 0.2) is 0 Å². The van der Waals surface area contributed by atoms with Gasteiger partial charge in [-0.25, -0.2) is 0 Å². The van der Waals surface area contributed by atoms with Crippen molar-refractivity contribution in [3.05, 3.63) is 47.4 Å². The van der Waals surface area contributed by atoms with Crippen LogP contribution in [0.1, 0.15) is 6.92 Å². The molecule has 1 aromatic rings. The zero-order valence-electron chi connectivity index (χ0n) is 17.0. The number of halogens is 3. The van der Waals surface area contributed by atoms with E-state index in [1.807, 2.05) is 12.1 Å². The summed E-state index contributed by atoms with van der Waals surface area (Å²) in [6.07, 6.45) is -3.53. The largest absolute Gasteiger partial charge is 0.406 e. The first kappa shape index (κ1) is 22.6. The zero-order chi connectivity index (χ0) is 22.6. The second-order valence-corrected chi connectivity index (χ2v) is 7.14. The normalized spacial score (nSPS) is 19.0. The van der Waals surface area contributed by atoms with E-state index in [-0.39, 0.29) is 23.5 Å². The van der Waals surface area contributed by atoms with Crippen LogP contribution in [0.3, 0.4) is 0 Å². The van der Waals surface area contributed by atoms with Gasteiger partial charge in [0, 0.05) is 42.9 Å². The molecule has 2 aliphatic rings. The number of nitrogens with two attached hydrogens (primary N) is 1. The Balaban J connectivity index is 1.76. The third-order valence-electron chi connectivity index (χ3n) is 4.78. The molecule has 11 heteroatoms. The summed E-state index contributed by atoms with van der Waals surface area (Å²) in [4.78, 5) is 27.9. The predicted octanol–water partition coefficient (Wildman–Crippen LogP) is 1.53. The van der Waals surface area contributed by atoms with E-state index >= 15 is 0 Å². The molecule has 0 aliphatic carbocycles. The van der Waals surface area contributed by atoms with Crippen molar-refractivity contribution in [2.75, 3.05) is 49.6 Å². The number of alkyl halides is 3. The van der Waals surface area contributed by atoms with Gasteiger partial charge in [-0.05, 0) is 31.2 Å². The number of morpholine rings is 1. The maximum absolute atomic E-state index is 12.8. The average molecular weight is 439 g/mol. The number of allylic oxidation sites excluding steroid dienone is 1. The fourth-order valence-corrected chi connectivity index (χ4v) is 3.33. The number of rotatable bonds is 5. The van der Waals surface area contributed by atoms with E-state index in [9.17, 15) is 22.8 Å². The SMILES string of the molecule is CC1=CN(CC(F)(F)F)C(=O)/C(=C(/CN)C(=O)Nc2ccc(N3CCOCC3)cc2)N1. The Morgan fingerprint density at radius 3 is 2.45 bits per heavy atom. The summed E-state index contributed by atoms with van der Waals surface area (Å²) < 4.78 is 43.7. The summed E-state index contributed by atoms with van der Waals surface area (Å²) in [6.45, 7) is 2.52. The van der Waals surface area contributed by atoms with E-state index in [1.165, 1.54) is 6.92 Å². The van der Waals surface area contributed by atoms with Crippen molar-refractivity contribution >= 4 is 23.2 Å². The summed E-state index contributed by atoms with van der Waals surface area (Å²) in [7, 11) is 0. The van der Waals surface area contributed by atoms with Crippen molar-refractivity contribution in [1.82, 2.24) is 10.2 Å². The molecule has 1 saturated heterocycles. The van der Waals surface area contributed by atoms with E-state index in [1.54, 1.807) is 12.1 Å². The molecule has 31 heavy (non-hydrogen) atoms. The van der Waals surface area contributed by atoms with Gasteiger partial charge in [0.25, 0.3) is 11.8 Å². The Morgan fingerprint density at radius 2 is 1.87 bits per heavy atom. The molecule has 0 spiro atoms. The van der Waals surface area contributed by atoms with Crippen molar-refractivity contribution in [3.63, 3.8) is 0 Å². The Morgan fingerprint density at radius 1 is 1.23 bits per heavy atom. The van der Waals surface area contributed by atoms with Crippen molar-refractivity contribution < 1.29 is 27.5 Å². The van der Waals surface area contributed by atoms with E-state index in [4.69, 9.17) is 10.5 Å². The minimum absolute atomic E-state index is 0.137. The van der Waals surface area contributed by atoms with Gasteiger partial charge >= 0.3 is 6.18 Å². The lowest BCUT2D eigenvalue weighted by molar-refractivity contribution is -0.154. The lowest BCUT2D eigenvalue weighted by Gasteiger charge is -2.29. The van der Waals surface area contributed by atoms with Crippen LogP contribution in [-0.2, 0) is 14.3 Å². The molecule has 1 aromatic carbocycles. The van der Waals surface area contributed by atoms with Crippen LogP contribution < -0.4 is 21.3 Å². The Bertz CT molecular complexity index is 890. The van der Waals surface area contributed by atoms with Crippen molar-refractivity contribution in [2.45, 2.75) is 13.1 Å². The van der Waals surface area contributed by atoms with E-state index in [2.05, 4.69) is 15.5 Å². The molecule has 2 amide bonds. The highest BCUT2D eigenvalue weighted by molar-refractivity contribution is 6.10. The maximum atomic E-state index is 12.8. The molecule has 2 heterocycles. The molecule has 4 N–H and O–H groups in total. The van der Waals surface area contributed by atoms with Gasteiger partial charge in [-0.1, -0.05) is 0 Å². The molecular weight excluding hydrogens is 415 g/mol. The number of carbonyl (C=O) groups excluding carboxylic acids is 2. The third kappa shape index (κ3) is 5.76. The molecule has 1 fully saturated rings. The van der Waals surface area contributed by atoms with Crippen LogP contribution in [0.2, 0.25) is 0 Å². The number of nitrogens with one attached hydrogen (secondary N) is 2. The minimum atomic E-state index is -4.58. The lowest BCUT2D eigenvalue weighted by atomic mass is 10.1. The van der Waals surface area contributed by atoms with Crippen LogP contribution in [0.15, 0.2) is 47.4 Å². The highest BCUT2D eigenvalue weighted by Gasteiger charge is 2.36. The van der Waals surface area contributed by atoms with Crippen LogP contribution in [0.25, 0.3) is 0 Å². The first-order valence-corrected chi connectivity index (χ1v) is 9.68. The molecule has 0 bridgehead atoms. The van der Waals surface area contributed by atoms with E-state index < -0.39 is 24.5 Å².